The number of carbonyl (C=O) groups excluding carboxylic acids is 3. The molecule has 0 radical (unpaired) electrons. The van der Waals surface area contributed by atoms with Gasteiger partial charge in [-0.05, 0) is 56.1 Å². The number of hydrogen-bond acceptors (Lipinski definition) is 4. The van der Waals surface area contributed by atoms with E-state index in [2.05, 4.69) is 13.8 Å². The van der Waals surface area contributed by atoms with E-state index in [-0.39, 0.29) is 34.6 Å². The van der Waals surface area contributed by atoms with Gasteiger partial charge in [0.25, 0.3) is 0 Å². The Labute approximate surface area is 143 Å². The molecule has 3 aliphatic rings. The molecule has 0 aromatic heterocycles. The molecular weight excluding hydrogens is 304 g/mol. The summed E-state index contributed by atoms with van der Waals surface area (Å²) in [5.74, 6) is -0.00683. The third-order valence-electron chi connectivity index (χ3n) is 7.03. The molecule has 0 amide bonds. The molecule has 0 aromatic rings. The molecule has 0 aliphatic heterocycles. The van der Waals surface area contributed by atoms with Gasteiger partial charge in [0.2, 0.25) is 0 Å². The van der Waals surface area contributed by atoms with Crippen LogP contribution >= 0.6 is 0 Å². The van der Waals surface area contributed by atoms with E-state index in [9.17, 15) is 14.4 Å². The first-order valence-corrected chi connectivity index (χ1v) is 8.79. The molecule has 4 nitrogen and oxygen atoms in total. The second-order valence-electron chi connectivity index (χ2n) is 8.13. The molecule has 3 rings (SSSR count). The van der Waals surface area contributed by atoms with Crippen molar-refractivity contribution in [3.8, 4) is 0 Å². The predicted molar refractivity (Wildman–Crippen MR) is 90.1 cm³/mol. The fraction of sp³-hybridized carbons (Fsp3) is 0.650. The first-order chi connectivity index (χ1) is 11.3. The molecule has 2 bridgehead atoms. The second kappa shape index (κ2) is 5.68. The minimum atomic E-state index is -0.397. The van der Waals surface area contributed by atoms with E-state index in [1.54, 1.807) is 19.9 Å². The number of fused-ring (bicyclic) bond motifs is 1. The van der Waals surface area contributed by atoms with E-state index in [0.29, 0.717) is 11.1 Å². The van der Waals surface area contributed by atoms with Gasteiger partial charge in [0.15, 0.2) is 0 Å². The second-order valence-corrected chi connectivity index (χ2v) is 8.13. The van der Waals surface area contributed by atoms with Crippen molar-refractivity contribution in [2.45, 2.75) is 53.1 Å². The molecular formula is C20H26O4. The van der Waals surface area contributed by atoms with Gasteiger partial charge >= 0.3 is 5.97 Å². The van der Waals surface area contributed by atoms with Crippen LogP contribution in [0.15, 0.2) is 23.3 Å². The van der Waals surface area contributed by atoms with Crippen LogP contribution in [0.25, 0.3) is 0 Å². The van der Waals surface area contributed by atoms with Crippen LogP contribution in [0, 0.1) is 28.6 Å². The highest BCUT2D eigenvalue weighted by Crippen LogP contribution is 2.71. The van der Waals surface area contributed by atoms with Crippen LogP contribution in [0.4, 0.5) is 0 Å². The summed E-state index contributed by atoms with van der Waals surface area (Å²) >= 11 is 0. The normalized spacial score (nSPS) is 39.8. The molecule has 1 spiro atoms. The summed E-state index contributed by atoms with van der Waals surface area (Å²) in [6.07, 6.45) is 7.63. The van der Waals surface area contributed by atoms with E-state index < -0.39 is 6.10 Å². The molecule has 3 aliphatic carbocycles. The molecule has 4 heteroatoms. The van der Waals surface area contributed by atoms with Crippen molar-refractivity contribution in [1.29, 1.82) is 0 Å². The summed E-state index contributed by atoms with van der Waals surface area (Å²) < 4.78 is 5.74. The highest BCUT2D eigenvalue weighted by molar-refractivity contribution is 5.88. The Morgan fingerprint density at radius 3 is 2.58 bits per heavy atom. The smallest absolute Gasteiger partial charge is 0.333 e. The Kier molecular flexibility index (Phi) is 4.05. The molecule has 0 aromatic carbocycles. The molecule has 5 unspecified atom stereocenters. The molecule has 2 saturated carbocycles. The zero-order valence-corrected chi connectivity index (χ0v) is 14.9. The molecule has 5 atom stereocenters. The summed E-state index contributed by atoms with van der Waals surface area (Å²) in [4.78, 5) is 35.7. The van der Waals surface area contributed by atoms with Crippen molar-refractivity contribution in [2.24, 2.45) is 28.6 Å². The van der Waals surface area contributed by atoms with Crippen molar-refractivity contribution >= 4 is 18.5 Å². The number of aldehydes is 2. The number of rotatable bonds is 4. The zero-order valence-electron chi connectivity index (χ0n) is 14.9. The minimum absolute atomic E-state index is 0.0756. The van der Waals surface area contributed by atoms with E-state index in [4.69, 9.17) is 4.74 Å². The maximum Gasteiger partial charge on any atom is 0.333 e. The molecule has 130 valence electrons. The van der Waals surface area contributed by atoms with Crippen molar-refractivity contribution in [2.75, 3.05) is 0 Å². The molecule has 2 fully saturated rings. The fourth-order valence-electron chi connectivity index (χ4n) is 5.64. The Bertz CT molecular complexity index is 642. The number of carbonyl (C=O) groups is 3. The van der Waals surface area contributed by atoms with Crippen LogP contribution in [0.3, 0.4) is 0 Å². The first-order valence-electron chi connectivity index (χ1n) is 8.79. The van der Waals surface area contributed by atoms with Gasteiger partial charge in [-0.15, -0.1) is 0 Å². The monoisotopic (exact) mass is 330 g/mol. The standard InChI is InChI=1S/C20H26O4/c1-5-12(2)18(23)24-16-8-14(11-22)20-9-15(16)19(3,4)17(20)7-6-13(20)10-21/h5,8,10-11,13,15-17H,6-7,9H2,1-4H3. The average molecular weight is 330 g/mol. The third kappa shape index (κ3) is 2.08. The lowest BCUT2D eigenvalue weighted by Crippen LogP contribution is -2.38. The highest BCUT2D eigenvalue weighted by Gasteiger charge is 2.68. The Hall–Kier alpha value is -1.71. The molecule has 0 N–H and O–H groups in total. The maximum absolute atomic E-state index is 12.2. The lowest BCUT2D eigenvalue weighted by Gasteiger charge is -2.38. The lowest BCUT2D eigenvalue weighted by molar-refractivity contribution is -0.146. The lowest BCUT2D eigenvalue weighted by atomic mass is 9.65. The van der Waals surface area contributed by atoms with Crippen LogP contribution in [0.1, 0.15) is 47.0 Å². The largest absolute Gasteiger partial charge is 0.454 e. The number of esters is 1. The van der Waals surface area contributed by atoms with Crippen LogP contribution in [0.2, 0.25) is 0 Å². The van der Waals surface area contributed by atoms with E-state index >= 15 is 0 Å². The van der Waals surface area contributed by atoms with E-state index in [1.165, 1.54) is 0 Å². The summed E-state index contributed by atoms with van der Waals surface area (Å²) in [6, 6.07) is 0. The van der Waals surface area contributed by atoms with Crippen molar-refractivity contribution < 1.29 is 19.1 Å². The first kappa shape index (κ1) is 17.1. The van der Waals surface area contributed by atoms with Gasteiger partial charge in [-0.2, -0.15) is 0 Å². The Balaban J connectivity index is 2.04. The van der Waals surface area contributed by atoms with Crippen molar-refractivity contribution in [3.63, 3.8) is 0 Å². The number of allylic oxidation sites excluding steroid dienone is 2. The van der Waals surface area contributed by atoms with Crippen LogP contribution in [-0.2, 0) is 19.1 Å². The van der Waals surface area contributed by atoms with Crippen molar-refractivity contribution in [1.82, 2.24) is 0 Å². The topological polar surface area (TPSA) is 60.4 Å². The maximum atomic E-state index is 12.2. The van der Waals surface area contributed by atoms with Gasteiger partial charge in [0.05, 0.1) is 0 Å². The highest BCUT2D eigenvalue weighted by atomic mass is 16.5. The van der Waals surface area contributed by atoms with Crippen molar-refractivity contribution in [3.05, 3.63) is 23.3 Å². The summed E-state index contributed by atoms with van der Waals surface area (Å²) in [5, 5.41) is 0. The van der Waals surface area contributed by atoms with Gasteiger partial charge in [-0.3, -0.25) is 4.79 Å². The number of ether oxygens (including phenoxy) is 1. The Morgan fingerprint density at radius 2 is 2.00 bits per heavy atom. The quantitative estimate of drug-likeness (QED) is 0.451. The SMILES string of the molecule is CC=C(C)C(=O)OC1C=C(C=O)C23CC1C(C)(C)C2CCC3C=O. The summed E-state index contributed by atoms with van der Waals surface area (Å²) in [5.41, 5.74) is 0.808. The summed E-state index contributed by atoms with van der Waals surface area (Å²) in [6.45, 7) is 7.93. The third-order valence-corrected chi connectivity index (χ3v) is 7.03. The van der Waals surface area contributed by atoms with Gasteiger partial charge in [0.1, 0.15) is 18.7 Å². The van der Waals surface area contributed by atoms with E-state index in [0.717, 1.165) is 31.8 Å². The minimum Gasteiger partial charge on any atom is -0.454 e. The van der Waals surface area contributed by atoms with Gasteiger partial charge in [-0.25, -0.2) is 4.79 Å². The van der Waals surface area contributed by atoms with Gasteiger partial charge in [0, 0.05) is 22.8 Å². The fourth-order valence-corrected chi connectivity index (χ4v) is 5.64. The predicted octanol–water partition coefficient (Wildman–Crippen LogP) is 3.26. The van der Waals surface area contributed by atoms with Gasteiger partial charge in [-0.1, -0.05) is 19.9 Å². The van der Waals surface area contributed by atoms with Crippen LogP contribution in [-0.4, -0.2) is 24.6 Å². The Morgan fingerprint density at radius 1 is 1.29 bits per heavy atom. The zero-order chi connectivity index (χ0) is 17.7. The van der Waals surface area contributed by atoms with Crippen LogP contribution in [0.5, 0.6) is 0 Å². The van der Waals surface area contributed by atoms with E-state index in [1.807, 2.05) is 6.08 Å². The average Bonchev–Trinajstić information content (AvgIpc) is 3.02. The summed E-state index contributed by atoms with van der Waals surface area (Å²) in [7, 11) is 0. The number of hydrogen-bond donors (Lipinski definition) is 0. The molecule has 0 heterocycles. The van der Waals surface area contributed by atoms with Crippen LogP contribution < -0.4 is 0 Å². The molecule has 24 heavy (non-hydrogen) atoms. The molecule has 0 saturated heterocycles. The van der Waals surface area contributed by atoms with Gasteiger partial charge < -0.3 is 9.53 Å².